The first-order valence-electron chi connectivity index (χ1n) is 7.43. The second kappa shape index (κ2) is 7.17. The van der Waals surface area contributed by atoms with Gasteiger partial charge >= 0.3 is 12.1 Å². The zero-order chi connectivity index (χ0) is 19.6. The molecule has 1 aliphatic rings. The maximum atomic E-state index is 11.8. The summed E-state index contributed by atoms with van der Waals surface area (Å²) in [6, 6.07) is 3.74. The zero-order valence-electron chi connectivity index (χ0n) is 13.8. The second-order valence-corrected chi connectivity index (χ2v) is 5.65. The number of nitrogens with zero attached hydrogens (tertiary/aromatic N) is 3. The minimum Gasteiger partial charge on any atom is -0.481 e. The van der Waals surface area contributed by atoms with Gasteiger partial charge in [0.05, 0.1) is 11.0 Å². The quantitative estimate of drug-likeness (QED) is 0.534. The summed E-state index contributed by atoms with van der Waals surface area (Å²) >= 11 is 0. The molecule has 3 unspecified atom stereocenters. The number of carbonyl (C=O) groups is 3. The molecule has 0 aliphatic carbocycles. The van der Waals surface area contributed by atoms with Crippen LogP contribution in [0.25, 0.3) is 0 Å². The predicted molar refractivity (Wildman–Crippen MR) is 87.5 cm³/mol. The first-order valence-corrected chi connectivity index (χ1v) is 7.43. The van der Waals surface area contributed by atoms with Gasteiger partial charge in [0.25, 0.3) is 5.69 Å². The lowest BCUT2D eigenvalue weighted by atomic mass is 9.86. The first-order chi connectivity index (χ1) is 12.1. The third-order valence-corrected chi connectivity index (χ3v) is 3.90. The van der Waals surface area contributed by atoms with Crippen LogP contribution >= 0.6 is 0 Å². The topological polar surface area (TPSA) is 162 Å². The Morgan fingerprint density at radius 2 is 1.96 bits per heavy atom. The van der Waals surface area contributed by atoms with Crippen molar-refractivity contribution in [2.75, 3.05) is 0 Å². The van der Waals surface area contributed by atoms with Crippen LogP contribution in [0.4, 0.5) is 10.5 Å². The van der Waals surface area contributed by atoms with Crippen LogP contribution in [0.2, 0.25) is 0 Å². The molecular weight excluding hydrogens is 348 g/mol. The number of rotatable bonds is 4. The fourth-order valence-corrected chi connectivity index (χ4v) is 2.87. The number of aliphatic carboxylic acids is 1. The van der Waals surface area contributed by atoms with Crippen molar-refractivity contribution in [1.29, 1.82) is 0 Å². The number of carboxylic acids is 1. The standard InChI is InChI=1S/C15H16N4O7/c1-7-11(13(21)22)12(9-4-3-5-10(6-9)19(25)26)18(15(23)24)14(16-7)17-8(2)20/h3-6,11-12,14H,1-2H3,(H,17,20)(H,21,22)(H,23,24). The molecule has 0 radical (unpaired) electrons. The van der Waals surface area contributed by atoms with Crippen LogP contribution in [0.15, 0.2) is 29.3 Å². The van der Waals surface area contributed by atoms with Crippen molar-refractivity contribution in [3.8, 4) is 0 Å². The Balaban J connectivity index is 2.66. The van der Waals surface area contributed by atoms with Crippen molar-refractivity contribution in [3.63, 3.8) is 0 Å². The Hall–Kier alpha value is -3.50. The van der Waals surface area contributed by atoms with Gasteiger partial charge in [-0.25, -0.2) is 9.79 Å². The van der Waals surface area contributed by atoms with Crippen LogP contribution in [0.1, 0.15) is 25.5 Å². The zero-order valence-corrected chi connectivity index (χ0v) is 13.8. The number of amides is 2. The molecule has 2 rings (SSSR count). The van der Waals surface area contributed by atoms with Gasteiger partial charge in [0, 0.05) is 24.8 Å². The molecule has 0 spiro atoms. The van der Waals surface area contributed by atoms with E-state index in [2.05, 4.69) is 10.3 Å². The predicted octanol–water partition coefficient (Wildman–Crippen LogP) is 1.21. The fraction of sp³-hybridized carbons (Fsp3) is 0.333. The maximum Gasteiger partial charge on any atom is 0.411 e. The number of nitro groups is 1. The van der Waals surface area contributed by atoms with Crippen molar-refractivity contribution in [3.05, 3.63) is 39.9 Å². The van der Waals surface area contributed by atoms with Crippen LogP contribution < -0.4 is 5.32 Å². The van der Waals surface area contributed by atoms with Crippen LogP contribution in [0.5, 0.6) is 0 Å². The number of non-ortho nitro benzene ring substituents is 1. The molecule has 2 amide bonds. The maximum absolute atomic E-state index is 11.8. The summed E-state index contributed by atoms with van der Waals surface area (Å²) in [5.41, 5.74) is -0.114. The van der Waals surface area contributed by atoms with E-state index in [0.29, 0.717) is 4.90 Å². The van der Waals surface area contributed by atoms with Gasteiger partial charge in [-0.05, 0) is 12.5 Å². The monoisotopic (exact) mass is 364 g/mol. The van der Waals surface area contributed by atoms with Gasteiger partial charge in [-0.3, -0.25) is 24.6 Å². The van der Waals surface area contributed by atoms with E-state index >= 15 is 0 Å². The largest absolute Gasteiger partial charge is 0.481 e. The fourth-order valence-electron chi connectivity index (χ4n) is 2.87. The molecule has 0 saturated heterocycles. The summed E-state index contributed by atoms with van der Waals surface area (Å²) in [7, 11) is 0. The van der Waals surface area contributed by atoms with E-state index in [-0.39, 0.29) is 17.0 Å². The third kappa shape index (κ3) is 3.61. The van der Waals surface area contributed by atoms with E-state index in [9.17, 15) is 34.7 Å². The summed E-state index contributed by atoms with van der Waals surface area (Å²) in [5, 5.41) is 32.5. The minimum atomic E-state index is -1.53. The molecular formula is C15H16N4O7. The number of aliphatic imine (C=N–C) groups is 1. The number of hydrogen-bond donors (Lipinski definition) is 3. The SMILES string of the molecule is CC(=O)NC1N=C(C)C(C(=O)O)C(c2cccc([N+](=O)[O-])c2)N1C(=O)O. The highest BCUT2D eigenvalue weighted by Gasteiger charge is 2.46. The molecule has 1 aromatic carbocycles. The number of hydrogen-bond acceptors (Lipinski definition) is 6. The number of benzene rings is 1. The molecule has 1 aromatic rings. The van der Waals surface area contributed by atoms with Gasteiger partial charge in [0.2, 0.25) is 12.2 Å². The Bertz CT molecular complexity index is 807. The van der Waals surface area contributed by atoms with Gasteiger partial charge in [-0.2, -0.15) is 0 Å². The van der Waals surface area contributed by atoms with Gasteiger partial charge in [-0.1, -0.05) is 12.1 Å². The Labute approximate surface area is 147 Å². The van der Waals surface area contributed by atoms with Gasteiger partial charge in [0.1, 0.15) is 5.92 Å². The van der Waals surface area contributed by atoms with Crippen molar-refractivity contribution in [1.82, 2.24) is 10.2 Å². The van der Waals surface area contributed by atoms with Crippen molar-refractivity contribution in [2.24, 2.45) is 10.9 Å². The molecule has 1 aliphatic heterocycles. The summed E-state index contributed by atoms with van der Waals surface area (Å²) in [4.78, 5) is 49.9. The van der Waals surface area contributed by atoms with Crippen molar-refractivity contribution < 1.29 is 29.5 Å². The summed E-state index contributed by atoms with van der Waals surface area (Å²) in [5.74, 6) is -3.27. The van der Waals surface area contributed by atoms with Crippen LogP contribution in [0.3, 0.4) is 0 Å². The summed E-state index contributed by atoms with van der Waals surface area (Å²) in [6.45, 7) is 2.56. The average molecular weight is 364 g/mol. The Morgan fingerprint density at radius 1 is 1.31 bits per heavy atom. The Kier molecular flexibility index (Phi) is 5.19. The lowest BCUT2D eigenvalue weighted by Crippen LogP contribution is -2.57. The van der Waals surface area contributed by atoms with E-state index in [1.54, 1.807) is 0 Å². The van der Waals surface area contributed by atoms with Crippen molar-refractivity contribution in [2.45, 2.75) is 26.2 Å². The van der Waals surface area contributed by atoms with E-state index in [1.807, 2.05) is 0 Å². The molecule has 0 aromatic heterocycles. The third-order valence-electron chi connectivity index (χ3n) is 3.90. The lowest BCUT2D eigenvalue weighted by Gasteiger charge is -2.41. The molecule has 1 heterocycles. The number of carbonyl (C=O) groups excluding carboxylic acids is 1. The molecule has 0 fully saturated rings. The van der Waals surface area contributed by atoms with E-state index < -0.39 is 41.1 Å². The summed E-state index contributed by atoms with van der Waals surface area (Å²) in [6.07, 6.45) is -2.87. The van der Waals surface area contributed by atoms with E-state index in [0.717, 1.165) is 13.0 Å². The van der Waals surface area contributed by atoms with Gasteiger partial charge in [-0.15, -0.1) is 0 Å². The molecule has 0 saturated carbocycles. The van der Waals surface area contributed by atoms with Gasteiger partial charge in [0.15, 0.2) is 0 Å². The van der Waals surface area contributed by atoms with Crippen LogP contribution in [0, 0.1) is 16.0 Å². The number of nitro benzene ring substituents is 1. The molecule has 3 atom stereocenters. The highest BCUT2D eigenvalue weighted by molar-refractivity contribution is 6.02. The second-order valence-electron chi connectivity index (χ2n) is 5.65. The highest BCUT2D eigenvalue weighted by atomic mass is 16.6. The Morgan fingerprint density at radius 3 is 2.46 bits per heavy atom. The summed E-state index contributed by atoms with van der Waals surface area (Å²) < 4.78 is 0. The highest BCUT2D eigenvalue weighted by Crippen LogP contribution is 2.36. The normalized spacial score (nSPS) is 22.3. The lowest BCUT2D eigenvalue weighted by molar-refractivity contribution is -0.385. The van der Waals surface area contributed by atoms with E-state index in [1.165, 1.54) is 25.1 Å². The van der Waals surface area contributed by atoms with Gasteiger partial charge < -0.3 is 15.5 Å². The number of nitrogens with one attached hydrogen (secondary N) is 1. The number of carboxylic acid groups (broad SMARTS) is 2. The molecule has 3 N–H and O–H groups in total. The average Bonchev–Trinajstić information content (AvgIpc) is 2.52. The van der Waals surface area contributed by atoms with Crippen LogP contribution in [-0.2, 0) is 9.59 Å². The van der Waals surface area contributed by atoms with Crippen molar-refractivity contribution >= 4 is 29.4 Å². The van der Waals surface area contributed by atoms with E-state index in [4.69, 9.17) is 0 Å². The minimum absolute atomic E-state index is 0.0882. The molecule has 26 heavy (non-hydrogen) atoms. The first kappa shape index (κ1) is 18.8. The molecule has 138 valence electrons. The molecule has 11 heteroatoms. The molecule has 11 nitrogen and oxygen atoms in total. The molecule has 0 bridgehead atoms. The smallest absolute Gasteiger partial charge is 0.411 e. The van der Waals surface area contributed by atoms with Crippen LogP contribution in [-0.4, -0.2) is 50.0 Å².